The second kappa shape index (κ2) is 3.39. The number of nitrogens with one attached hydrogen (secondary N) is 2. The first-order valence-corrected chi connectivity index (χ1v) is 3.49. The average Bonchev–Trinajstić information content (AvgIpc) is 1.95. The molecule has 0 aromatic carbocycles. The van der Waals surface area contributed by atoms with Gasteiger partial charge in [0, 0.05) is 6.54 Å². The molecule has 1 atom stereocenters. The van der Waals surface area contributed by atoms with Crippen molar-refractivity contribution in [3.8, 4) is 0 Å². The van der Waals surface area contributed by atoms with Crippen molar-refractivity contribution < 1.29 is 4.39 Å². The van der Waals surface area contributed by atoms with E-state index < -0.39 is 6.17 Å². The van der Waals surface area contributed by atoms with Crippen molar-refractivity contribution in [3.05, 3.63) is 0 Å². The van der Waals surface area contributed by atoms with Gasteiger partial charge in [-0.25, -0.2) is 4.39 Å². The van der Waals surface area contributed by atoms with E-state index >= 15 is 0 Å². The molecular formula is C6H12FN3. The van der Waals surface area contributed by atoms with Gasteiger partial charge in [0.05, 0.1) is 13.1 Å². The van der Waals surface area contributed by atoms with Gasteiger partial charge in [-0.2, -0.15) is 0 Å². The van der Waals surface area contributed by atoms with E-state index in [1.54, 1.807) is 0 Å². The third kappa shape index (κ3) is 1.86. The van der Waals surface area contributed by atoms with E-state index in [4.69, 9.17) is 0 Å². The van der Waals surface area contributed by atoms with E-state index in [2.05, 4.69) is 15.6 Å². The second-order valence-corrected chi connectivity index (χ2v) is 2.20. The van der Waals surface area contributed by atoms with E-state index in [-0.39, 0.29) is 6.54 Å². The normalized spacial score (nSPS) is 25.0. The monoisotopic (exact) mass is 145 g/mol. The summed E-state index contributed by atoms with van der Waals surface area (Å²) in [6, 6.07) is 0. The zero-order valence-electron chi connectivity index (χ0n) is 6.02. The van der Waals surface area contributed by atoms with Crippen molar-refractivity contribution in [3.63, 3.8) is 0 Å². The van der Waals surface area contributed by atoms with Crippen LogP contribution in [-0.4, -0.2) is 31.8 Å². The number of guanidine groups is 1. The van der Waals surface area contributed by atoms with Gasteiger partial charge in [0.2, 0.25) is 0 Å². The summed E-state index contributed by atoms with van der Waals surface area (Å²) in [5, 5.41) is 5.81. The van der Waals surface area contributed by atoms with Gasteiger partial charge in [-0.1, -0.05) is 0 Å². The standard InChI is InChI=1S/C6H12FN3/c1-2-8-6-9-3-5(7)4-10-6/h5H,2-4H2,1H3,(H2,8,9,10). The van der Waals surface area contributed by atoms with Gasteiger partial charge in [-0.3, -0.25) is 4.99 Å². The van der Waals surface area contributed by atoms with E-state index in [1.165, 1.54) is 0 Å². The van der Waals surface area contributed by atoms with Crippen LogP contribution in [-0.2, 0) is 0 Å². The fourth-order valence-corrected chi connectivity index (χ4v) is 0.804. The molecule has 0 aliphatic carbocycles. The first kappa shape index (κ1) is 7.31. The summed E-state index contributed by atoms with van der Waals surface area (Å²) < 4.78 is 12.4. The number of alkyl halides is 1. The molecule has 0 saturated heterocycles. The highest BCUT2D eigenvalue weighted by Crippen LogP contribution is 1.94. The molecule has 2 N–H and O–H groups in total. The molecule has 0 saturated carbocycles. The van der Waals surface area contributed by atoms with Crippen molar-refractivity contribution in [2.45, 2.75) is 13.1 Å². The minimum atomic E-state index is -0.817. The maximum Gasteiger partial charge on any atom is 0.191 e. The van der Waals surface area contributed by atoms with Crippen LogP contribution in [0.25, 0.3) is 0 Å². The molecule has 58 valence electrons. The summed E-state index contributed by atoms with van der Waals surface area (Å²) in [5.41, 5.74) is 0. The number of nitrogens with zero attached hydrogens (tertiary/aromatic N) is 1. The van der Waals surface area contributed by atoms with Crippen LogP contribution < -0.4 is 10.6 Å². The predicted octanol–water partition coefficient (Wildman–Crippen LogP) is -0.107. The lowest BCUT2D eigenvalue weighted by Gasteiger charge is -2.17. The highest BCUT2D eigenvalue weighted by Gasteiger charge is 2.11. The third-order valence-corrected chi connectivity index (χ3v) is 1.28. The minimum Gasteiger partial charge on any atom is -0.357 e. The zero-order chi connectivity index (χ0) is 7.40. The van der Waals surface area contributed by atoms with Crippen LogP contribution in [0, 0.1) is 0 Å². The molecular weight excluding hydrogens is 133 g/mol. The molecule has 1 unspecified atom stereocenters. The summed E-state index contributed by atoms with van der Waals surface area (Å²) in [6.07, 6.45) is -0.817. The second-order valence-electron chi connectivity index (χ2n) is 2.20. The highest BCUT2D eigenvalue weighted by atomic mass is 19.1. The molecule has 0 fully saturated rings. The van der Waals surface area contributed by atoms with Crippen molar-refractivity contribution >= 4 is 5.96 Å². The van der Waals surface area contributed by atoms with Gasteiger partial charge >= 0.3 is 0 Å². The van der Waals surface area contributed by atoms with Crippen molar-refractivity contribution in [2.75, 3.05) is 19.6 Å². The predicted molar refractivity (Wildman–Crippen MR) is 38.9 cm³/mol. The SMILES string of the molecule is CCNC1=NCC(F)CN1. The van der Waals surface area contributed by atoms with E-state index in [1.807, 2.05) is 6.92 Å². The Bertz CT molecular complexity index is 135. The fourth-order valence-electron chi connectivity index (χ4n) is 0.804. The van der Waals surface area contributed by atoms with Gasteiger partial charge in [0.15, 0.2) is 5.96 Å². The van der Waals surface area contributed by atoms with Crippen molar-refractivity contribution in [1.82, 2.24) is 10.6 Å². The Hall–Kier alpha value is -0.800. The lowest BCUT2D eigenvalue weighted by Crippen LogP contribution is -2.44. The number of hydrogen-bond acceptors (Lipinski definition) is 3. The lowest BCUT2D eigenvalue weighted by molar-refractivity contribution is 0.330. The van der Waals surface area contributed by atoms with E-state index in [0.717, 1.165) is 12.5 Å². The first-order valence-electron chi connectivity index (χ1n) is 3.49. The molecule has 0 bridgehead atoms. The van der Waals surface area contributed by atoms with E-state index in [0.29, 0.717) is 6.54 Å². The van der Waals surface area contributed by atoms with E-state index in [9.17, 15) is 4.39 Å². The van der Waals surface area contributed by atoms with Gasteiger partial charge in [0.1, 0.15) is 6.17 Å². The van der Waals surface area contributed by atoms with Crippen LogP contribution in [0.2, 0.25) is 0 Å². The molecule has 1 rings (SSSR count). The minimum absolute atomic E-state index is 0.287. The smallest absolute Gasteiger partial charge is 0.191 e. The Balaban J connectivity index is 2.33. The van der Waals surface area contributed by atoms with Crippen LogP contribution in [0.1, 0.15) is 6.92 Å². The van der Waals surface area contributed by atoms with Gasteiger partial charge in [-0.05, 0) is 6.92 Å². The van der Waals surface area contributed by atoms with Crippen molar-refractivity contribution in [2.24, 2.45) is 4.99 Å². The number of hydrogen-bond donors (Lipinski definition) is 2. The van der Waals surface area contributed by atoms with Gasteiger partial charge in [-0.15, -0.1) is 0 Å². The number of rotatable bonds is 1. The third-order valence-electron chi connectivity index (χ3n) is 1.28. The zero-order valence-corrected chi connectivity index (χ0v) is 6.02. The van der Waals surface area contributed by atoms with Crippen molar-refractivity contribution in [1.29, 1.82) is 0 Å². The Morgan fingerprint density at radius 3 is 3.20 bits per heavy atom. The van der Waals surface area contributed by atoms with Gasteiger partial charge in [0.25, 0.3) is 0 Å². The maximum absolute atomic E-state index is 12.4. The summed E-state index contributed by atoms with van der Waals surface area (Å²) in [5.74, 6) is 0.719. The summed E-state index contributed by atoms with van der Waals surface area (Å²) in [6.45, 7) is 3.47. The van der Waals surface area contributed by atoms with Crippen LogP contribution >= 0.6 is 0 Å². The fraction of sp³-hybridized carbons (Fsp3) is 0.833. The summed E-state index contributed by atoms with van der Waals surface area (Å²) >= 11 is 0. The molecule has 1 aliphatic heterocycles. The van der Waals surface area contributed by atoms with Gasteiger partial charge < -0.3 is 10.6 Å². The molecule has 0 aromatic rings. The Labute approximate surface area is 59.7 Å². The molecule has 1 heterocycles. The summed E-state index contributed by atoms with van der Waals surface area (Å²) in [4.78, 5) is 3.92. The Morgan fingerprint density at radius 1 is 1.90 bits per heavy atom. The lowest BCUT2D eigenvalue weighted by atomic mass is 10.3. The molecule has 10 heavy (non-hydrogen) atoms. The molecule has 0 spiro atoms. The number of aliphatic imine (C=N–C) groups is 1. The maximum atomic E-state index is 12.4. The largest absolute Gasteiger partial charge is 0.357 e. The molecule has 0 amide bonds. The van der Waals surface area contributed by atoms with Crippen LogP contribution in [0.5, 0.6) is 0 Å². The quantitative estimate of drug-likeness (QED) is 0.540. The Morgan fingerprint density at radius 2 is 2.70 bits per heavy atom. The first-order chi connectivity index (χ1) is 4.83. The summed E-state index contributed by atoms with van der Waals surface area (Å²) in [7, 11) is 0. The van der Waals surface area contributed by atoms with Crippen LogP contribution in [0.3, 0.4) is 0 Å². The molecule has 3 nitrogen and oxygen atoms in total. The number of halogens is 1. The van der Waals surface area contributed by atoms with Crippen LogP contribution in [0.4, 0.5) is 4.39 Å². The molecule has 0 aromatic heterocycles. The molecule has 4 heteroatoms. The molecule has 1 aliphatic rings. The molecule has 0 radical (unpaired) electrons. The van der Waals surface area contributed by atoms with Crippen LogP contribution in [0.15, 0.2) is 4.99 Å². The Kier molecular flexibility index (Phi) is 2.48. The average molecular weight is 145 g/mol. The topological polar surface area (TPSA) is 36.4 Å². The highest BCUT2D eigenvalue weighted by molar-refractivity contribution is 5.80.